The van der Waals surface area contributed by atoms with E-state index < -0.39 is 0 Å². The van der Waals surface area contributed by atoms with Crippen molar-refractivity contribution in [3.8, 4) is 0 Å². The Morgan fingerprint density at radius 1 is 1.14 bits per heavy atom. The van der Waals surface area contributed by atoms with Crippen LogP contribution in [0.4, 0.5) is 0 Å². The molecule has 2 nitrogen and oxygen atoms in total. The number of hydrogen-bond donors (Lipinski definition) is 0. The molecule has 0 radical (unpaired) electrons. The van der Waals surface area contributed by atoms with Crippen molar-refractivity contribution in [3.05, 3.63) is 0 Å². The Bertz CT molecular complexity index is 164. The average Bonchev–Trinajstić information content (AvgIpc) is 1.97. The van der Waals surface area contributed by atoms with E-state index in [0.29, 0.717) is 17.6 Å². The van der Waals surface area contributed by atoms with Gasteiger partial charge >= 0.3 is 0 Å². The molecule has 2 atom stereocenters. The summed E-state index contributed by atoms with van der Waals surface area (Å²) in [5.74, 6) is 0. The van der Waals surface area contributed by atoms with Gasteiger partial charge in [-0.25, -0.2) is 0 Å². The van der Waals surface area contributed by atoms with Crippen LogP contribution in [0.25, 0.3) is 0 Å². The van der Waals surface area contributed by atoms with Crippen molar-refractivity contribution in [1.82, 2.24) is 4.90 Å². The van der Waals surface area contributed by atoms with Gasteiger partial charge in [0.15, 0.2) is 0 Å². The van der Waals surface area contributed by atoms with Crippen LogP contribution in [0.2, 0.25) is 0 Å². The molecule has 14 heavy (non-hydrogen) atoms. The van der Waals surface area contributed by atoms with Crippen molar-refractivity contribution in [2.75, 3.05) is 19.6 Å². The first kappa shape index (κ1) is 12.0. The van der Waals surface area contributed by atoms with Crippen LogP contribution in [0.3, 0.4) is 0 Å². The van der Waals surface area contributed by atoms with E-state index in [1.807, 2.05) is 0 Å². The van der Waals surface area contributed by atoms with Gasteiger partial charge in [-0.1, -0.05) is 20.8 Å². The summed E-state index contributed by atoms with van der Waals surface area (Å²) in [6, 6.07) is 0. The van der Waals surface area contributed by atoms with Gasteiger partial charge in [0, 0.05) is 13.1 Å². The zero-order valence-corrected chi connectivity index (χ0v) is 10.3. The van der Waals surface area contributed by atoms with E-state index in [1.54, 1.807) is 0 Å². The highest BCUT2D eigenvalue weighted by molar-refractivity contribution is 4.74. The summed E-state index contributed by atoms with van der Waals surface area (Å²) in [6.07, 6.45) is 2.07. The molecule has 2 heteroatoms. The number of morpholine rings is 1. The minimum atomic E-state index is 0.402. The molecular formula is C12H25NO. The van der Waals surface area contributed by atoms with Gasteiger partial charge in [-0.05, 0) is 32.2 Å². The second kappa shape index (κ2) is 4.63. The number of hydrogen-bond acceptors (Lipinski definition) is 2. The maximum absolute atomic E-state index is 5.71. The molecule has 0 aromatic carbocycles. The summed E-state index contributed by atoms with van der Waals surface area (Å²) in [5, 5.41) is 0. The predicted molar refractivity (Wildman–Crippen MR) is 60.5 cm³/mol. The molecule has 0 bridgehead atoms. The van der Waals surface area contributed by atoms with Crippen LogP contribution >= 0.6 is 0 Å². The average molecular weight is 199 g/mol. The Kier molecular flexibility index (Phi) is 3.96. The molecule has 84 valence electrons. The first-order valence-electron chi connectivity index (χ1n) is 5.74. The standard InChI is InChI=1S/C12H25NO/c1-10-8-13(9-11(2)14-10)7-6-12(3,4)5/h10-11H,6-9H2,1-5H3. The molecule has 0 saturated carbocycles. The highest BCUT2D eigenvalue weighted by atomic mass is 16.5. The minimum absolute atomic E-state index is 0.402. The number of ether oxygens (including phenoxy) is 1. The molecule has 0 aromatic rings. The van der Waals surface area contributed by atoms with E-state index in [2.05, 4.69) is 39.5 Å². The van der Waals surface area contributed by atoms with Crippen LogP contribution in [0, 0.1) is 5.41 Å². The van der Waals surface area contributed by atoms with Crippen molar-refractivity contribution in [2.45, 2.75) is 53.2 Å². The molecule has 1 fully saturated rings. The zero-order valence-electron chi connectivity index (χ0n) is 10.3. The summed E-state index contributed by atoms with van der Waals surface area (Å²) in [6.45, 7) is 14.7. The number of rotatable bonds is 2. The maximum atomic E-state index is 5.71. The Labute approximate surface area is 88.6 Å². The monoisotopic (exact) mass is 199 g/mol. The lowest BCUT2D eigenvalue weighted by Crippen LogP contribution is -2.46. The summed E-state index contributed by atoms with van der Waals surface area (Å²) in [5.41, 5.74) is 0.449. The topological polar surface area (TPSA) is 12.5 Å². The molecular weight excluding hydrogens is 174 g/mol. The van der Waals surface area contributed by atoms with Gasteiger partial charge in [0.05, 0.1) is 12.2 Å². The van der Waals surface area contributed by atoms with Gasteiger partial charge in [0.1, 0.15) is 0 Å². The van der Waals surface area contributed by atoms with Crippen LogP contribution in [0.5, 0.6) is 0 Å². The van der Waals surface area contributed by atoms with Gasteiger partial charge in [-0.2, -0.15) is 0 Å². The van der Waals surface area contributed by atoms with Gasteiger partial charge in [-0.3, -0.25) is 4.90 Å². The second-order valence-corrected chi connectivity index (χ2v) is 5.83. The van der Waals surface area contributed by atoms with Gasteiger partial charge in [-0.15, -0.1) is 0 Å². The summed E-state index contributed by atoms with van der Waals surface area (Å²) >= 11 is 0. The predicted octanol–water partition coefficient (Wildman–Crippen LogP) is 2.53. The Hall–Kier alpha value is -0.0800. The molecule has 1 aliphatic heterocycles. The summed E-state index contributed by atoms with van der Waals surface area (Å²) in [7, 11) is 0. The molecule has 1 rings (SSSR count). The molecule has 0 spiro atoms. The lowest BCUT2D eigenvalue weighted by atomic mass is 9.92. The zero-order chi connectivity index (χ0) is 10.8. The number of nitrogens with zero attached hydrogens (tertiary/aromatic N) is 1. The van der Waals surface area contributed by atoms with Crippen molar-refractivity contribution >= 4 is 0 Å². The first-order valence-corrected chi connectivity index (χ1v) is 5.74. The SMILES string of the molecule is CC1CN(CCC(C)(C)C)CC(C)O1. The molecule has 0 amide bonds. The van der Waals surface area contributed by atoms with Crippen molar-refractivity contribution in [2.24, 2.45) is 5.41 Å². The van der Waals surface area contributed by atoms with Gasteiger partial charge < -0.3 is 4.74 Å². The smallest absolute Gasteiger partial charge is 0.0678 e. The van der Waals surface area contributed by atoms with E-state index in [-0.39, 0.29) is 0 Å². The van der Waals surface area contributed by atoms with Crippen LogP contribution in [0.15, 0.2) is 0 Å². The normalized spacial score (nSPS) is 30.6. The minimum Gasteiger partial charge on any atom is -0.373 e. The third-order valence-electron chi connectivity index (χ3n) is 2.67. The highest BCUT2D eigenvalue weighted by Crippen LogP contribution is 2.20. The fourth-order valence-corrected chi connectivity index (χ4v) is 1.96. The van der Waals surface area contributed by atoms with Crippen LogP contribution in [-0.4, -0.2) is 36.7 Å². The van der Waals surface area contributed by atoms with E-state index in [4.69, 9.17) is 4.74 Å². The maximum Gasteiger partial charge on any atom is 0.0678 e. The summed E-state index contributed by atoms with van der Waals surface area (Å²) in [4.78, 5) is 2.53. The highest BCUT2D eigenvalue weighted by Gasteiger charge is 2.23. The molecule has 0 aromatic heterocycles. The molecule has 1 aliphatic rings. The van der Waals surface area contributed by atoms with Crippen LogP contribution in [-0.2, 0) is 4.74 Å². The lowest BCUT2D eigenvalue weighted by molar-refractivity contribution is -0.0697. The molecule has 0 aliphatic carbocycles. The fraction of sp³-hybridized carbons (Fsp3) is 1.00. The van der Waals surface area contributed by atoms with Crippen LogP contribution < -0.4 is 0 Å². The van der Waals surface area contributed by atoms with Crippen LogP contribution in [0.1, 0.15) is 41.0 Å². The largest absolute Gasteiger partial charge is 0.373 e. The summed E-state index contributed by atoms with van der Waals surface area (Å²) < 4.78 is 5.71. The fourth-order valence-electron chi connectivity index (χ4n) is 1.96. The van der Waals surface area contributed by atoms with E-state index in [1.165, 1.54) is 13.0 Å². The molecule has 0 N–H and O–H groups in total. The molecule has 2 unspecified atom stereocenters. The second-order valence-electron chi connectivity index (χ2n) is 5.83. The lowest BCUT2D eigenvalue weighted by Gasteiger charge is -2.36. The van der Waals surface area contributed by atoms with Gasteiger partial charge in [0.25, 0.3) is 0 Å². The van der Waals surface area contributed by atoms with E-state index in [9.17, 15) is 0 Å². The van der Waals surface area contributed by atoms with Gasteiger partial charge in [0.2, 0.25) is 0 Å². The van der Waals surface area contributed by atoms with E-state index in [0.717, 1.165) is 13.1 Å². The van der Waals surface area contributed by atoms with E-state index >= 15 is 0 Å². The van der Waals surface area contributed by atoms with Crippen molar-refractivity contribution in [3.63, 3.8) is 0 Å². The molecule has 1 saturated heterocycles. The third kappa shape index (κ3) is 4.43. The molecule has 1 heterocycles. The Morgan fingerprint density at radius 2 is 1.64 bits per heavy atom. The third-order valence-corrected chi connectivity index (χ3v) is 2.67. The van der Waals surface area contributed by atoms with Crippen molar-refractivity contribution < 1.29 is 4.74 Å². The quantitative estimate of drug-likeness (QED) is 0.677. The van der Waals surface area contributed by atoms with Crippen molar-refractivity contribution in [1.29, 1.82) is 0 Å². The Balaban J connectivity index is 2.30. The first-order chi connectivity index (χ1) is 6.37. The Morgan fingerprint density at radius 3 is 2.07 bits per heavy atom.